The molecule has 0 spiro atoms. The van der Waals surface area contributed by atoms with Gasteiger partial charge in [-0.05, 0) is 64.7 Å². The number of hydrogen-bond donors (Lipinski definition) is 1. The predicted molar refractivity (Wildman–Crippen MR) is 87.8 cm³/mol. The van der Waals surface area contributed by atoms with Crippen molar-refractivity contribution in [1.29, 1.82) is 0 Å². The summed E-state index contributed by atoms with van der Waals surface area (Å²) in [4.78, 5) is 16.5. The number of hydrogen-bond acceptors (Lipinski definition) is 3. The summed E-state index contributed by atoms with van der Waals surface area (Å²) in [6.45, 7) is 3.48. The Kier molecular flexibility index (Phi) is 4.80. The van der Waals surface area contributed by atoms with Crippen LogP contribution in [-0.2, 0) is 0 Å². The van der Waals surface area contributed by atoms with E-state index in [1.165, 1.54) is 0 Å². The molecule has 0 saturated heterocycles. The van der Waals surface area contributed by atoms with Crippen LogP contribution in [-0.4, -0.2) is 15.9 Å². The second-order valence-electron chi connectivity index (χ2n) is 4.66. The van der Waals surface area contributed by atoms with Crippen molar-refractivity contribution in [1.82, 2.24) is 4.98 Å². The zero-order valence-corrected chi connectivity index (χ0v) is 13.9. The predicted octanol–water partition coefficient (Wildman–Crippen LogP) is 4.80. The molecule has 21 heavy (non-hydrogen) atoms. The highest BCUT2D eigenvalue weighted by Crippen LogP contribution is 2.38. The van der Waals surface area contributed by atoms with Crippen molar-refractivity contribution in [3.63, 3.8) is 0 Å². The van der Waals surface area contributed by atoms with E-state index in [0.29, 0.717) is 15.1 Å². The number of aromatic hydroxyl groups is 1. The van der Waals surface area contributed by atoms with E-state index in [0.717, 1.165) is 11.1 Å². The van der Waals surface area contributed by atoms with E-state index in [2.05, 4.69) is 20.9 Å². The van der Waals surface area contributed by atoms with Crippen molar-refractivity contribution in [3.05, 3.63) is 62.4 Å². The maximum atomic E-state index is 12.5. The number of phenolic OH excluding ortho intramolecular Hbond substituents is 1. The molecule has 1 aromatic heterocycles. The second-order valence-corrected chi connectivity index (χ2v) is 5.83. The summed E-state index contributed by atoms with van der Waals surface area (Å²) in [5, 5.41) is 10.5. The average Bonchev–Trinajstić information content (AvgIpc) is 2.49. The number of Topliss-reactive ketones (excluding diaryl/α,β-unsaturated/α-hetero) is 1. The number of aryl methyl sites for hydroxylation is 1. The molecule has 0 fully saturated rings. The van der Waals surface area contributed by atoms with Crippen LogP contribution < -0.4 is 0 Å². The summed E-state index contributed by atoms with van der Waals surface area (Å²) < 4.78 is 0.335. The smallest absolute Gasteiger partial charge is 0.192 e. The SMILES string of the molecule is C/C(=C\c1cccnc1)C(=O)c1cc(C)c(Cl)c(Br)c1O. The highest BCUT2D eigenvalue weighted by Gasteiger charge is 2.19. The van der Waals surface area contributed by atoms with Crippen molar-refractivity contribution in [3.8, 4) is 5.75 Å². The minimum Gasteiger partial charge on any atom is -0.506 e. The summed E-state index contributed by atoms with van der Waals surface area (Å²) in [6.07, 6.45) is 5.06. The number of ketones is 1. The molecule has 0 saturated carbocycles. The molecular weight excluding hydrogens is 354 g/mol. The quantitative estimate of drug-likeness (QED) is 0.627. The zero-order chi connectivity index (χ0) is 15.6. The first kappa shape index (κ1) is 15.7. The molecular formula is C16H13BrClNO2. The number of halogens is 2. The molecule has 0 aliphatic carbocycles. The van der Waals surface area contributed by atoms with Crippen LogP contribution in [0.25, 0.3) is 6.08 Å². The van der Waals surface area contributed by atoms with Gasteiger partial charge < -0.3 is 5.11 Å². The third-order valence-electron chi connectivity index (χ3n) is 3.03. The first-order chi connectivity index (χ1) is 9.91. The van der Waals surface area contributed by atoms with E-state index in [4.69, 9.17) is 11.6 Å². The van der Waals surface area contributed by atoms with E-state index in [1.54, 1.807) is 44.4 Å². The maximum Gasteiger partial charge on any atom is 0.192 e. The van der Waals surface area contributed by atoms with Crippen molar-refractivity contribution in [2.75, 3.05) is 0 Å². The number of benzene rings is 1. The van der Waals surface area contributed by atoms with Gasteiger partial charge in [-0.1, -0.05) is 17.7 Å². The van der Waals surface area contributed by atoms with Crippen LogP contribution in [0.1, 0.15) is 28.4 Å². The summed E-state index contributed by atoms with van der Waals surface area (Å²) in [5.41, 5.74) is 2.28. The molecule has 0 aliphatic rings. The number of carbonyl (C=O) groups is 1. The van der Waals surface area contributed by atoms with Gasteiger partial charge in [-0.15, -0.1) is 0 Å². The number of nitrogens with zero attached hydrogens (tertiary/aromatic N) is 1. The van der Waals surface area contributed by atoms with Crippen LogP contribution >= 0.6 is 27.5 Å². The van der Waals surface area contributed by atoms with Crippen LogP contribution in [0.5, 0.6) is 5.75 Å². The summed E-state index contributed by atoms with van der Waals surface area (Å²) in [7, 11) is 0. The molecule has 0 radical (unpaired) electrons. The third-order valence-corrected chi connectivity index (χ3v) is 4.52. The van der Waals surface area contributed by atoms with Crippen molar-refractivity contribution in [2.24, 2.45) is 0 Å². The topological polar surface area (TPSA) is 50.2 Å². The van der Waals surface area contributed by atoms with Gasteiger partial charge >= 0.3 is 0 Å². The number of pyridine rings is 1. The molecule has 2 aromatic rings. The minimum absolute atomic E-state index is 0.144. The molecule has 1 N–H and O–H groups in total. The van der Waals surface area contributed by atoms with Crippen LogP contribution in [0, 0.1) is 6.92 Å². The first-order valence-corrected chi connectivity index (χ1v) is 7.39. The lowest BCUT2D eigenvalue weighted by Gasteiger charge is -2.10. The lowest BCUT2D eigenvalue weighted by Crippen LogP contribution is -2.02. The van der Waals surface area contributed by atoms with E-state index in [1.807, 2.05) is 6.07 Å². The minimum atomic E-state index is -0.253. The summed E-state index contributed by atoms with van der Waals surface area (Å²) >= 11 is 9.23. The highest BCUT2D eigenvalue weighted by atomic mass is 79.9. The molecule has 5 heteroatoms. The van der Waals surface area contributed by atoms with Gasteiger partial charge in [0, 0.05) is 12.4 Å². The molecule has 0 atom stereocenters. The van der Waals surface area contributed by atoms with Gasteiger partial charge in [0.1, 0.15) is 5.75 Å². The number of rotatable bonds is 3. The van der Waals surface area contributed by atoms with Crippen molar-refractivity contribution >= 4 is 39.4 Å². The van der Waals surface area contributed by atoms with Gasteiger partial charge in [0.25, 0.3) is 0 Å². The van der Waals surface area contributed by atoms with Crippen LogP contribution in [0.15, 0.2) is 40.6 Å². The van der Waals surface area contributed by atoms with Crippen LogP contribution in [0.2, 0.25) is 5.02 Å². The second kappa shape index (κ2) is 6.41. The molecule has 0 aliphatic heterocycles. The molecule has 3 nitrogen and oxygen atoms in total. The van der Waals surface area contributed by atoms with Gasteiger partial charge in [0.2, 0.25) is 0 Å². The molecule has 0 amide bonds. The van der Waals surface area contributed by atoms with Gasteiger partial charge in [0.05, 0.1) is 15.1 Å². The Balaban J connectivity index is 2.44. The fourth-order valence-corrected chi connectivity index (χ4v) is 2.58. The van der Waals surface area contributed by atoms with Gasteiger partial charge in [-0.3, -0.25) is 9.78 Å². The van der Waals surface area contributed by atoms with E-state index in [9.17, 15) is 9.90 Å². The largest absolute Gasteiger partial charge is 0.506 e. The molecule has 2 rings (SSSR count). The van der Waals surface area contributed by atoms with Gasteiger partial charge in [0.15, 0.2) is 5.78 Å². The van der Waals surface area contributed by atoms with Crippen LogP contribution in [0.4, 0.5) is 0 Å². The summed E-state index contributed by atoms with van der Waals surface area (Å²) in [5.74, 6) is -0.397. The summed E-state index contributed by atoms with van der Waals surface area (Å²) in [6, 6.07) is 5.24. The molecule has 1 aromatic carbocycles. The maximum absolute atomic E-state index is 12.5. The Morgan fingerprint density at radius 2 is 2.19 bits per heavy atom. The zero-order valence-electron chi connectivity index (χ0n) is 11.5. The third kappa shape index (κ3) is 3.34. The normalized spacial score (nSPS) is 11.5. The molecule has 108 valence electrons. The van der Waals surface area contributed by atoms with Gasteiger partial charge in [-0.2, -0.15) is 0 Å². The Labute approximate surface area is 136 Å². The monoisotopic (exact) mass is 365 g/mol. The lowest BCUT2D eigenvalue weighted by molar-refractivity contribution is 0.103. The van der Waals surface area contributed by atoms with Crippen molar-refractivity contribution in [2.45, 2.75) is 13.8 Å². The van der Waals surface area contributed by atoms with E-state index < -0.39 is 0 Å². The van der Waals surface area contributed by atoms with E-state index in [-0.39, 0.29) is 17.1 Å². The number of allylic oxidation sites excluding steroid dienone is 1. The molecule has 0 bridgehead atoms. The molecule has 0 unspecified atom stereocenters. The Morgan fingerprint density at radius 1 is 1.48 bits per heavy atom. The fourth-order valence-electron chi connectivity index (χ4n) is 1.91. The van der Waals surface area contributed by atoms with Gasteiger partial charge in [-0.25, -0.2) is 0 Å². The fraction of sp³-hybridized carbons (Fsp3) is 0.125. The Morgan fingerprint density at radius 3 is 2.81 bits per heavy atom. The van der Waals surface area contributed by atoms with Crippen LogP contribution in [0.3, 0.4) is 0 Å². The number of aromatic nitrogens is 1. The Bertz CT molecular complexity index is 727. The number of phenols is 1. The standard InChI is InChI=1S/C16H13BrClNO2/c1-9-7-12(16(21)13(17)14(9)18)15(20)10(2)6-11-4-3-5-19-8-11/h3-8,21H,1-2H3/b10-6+. The van der Waals surface area contributed by atoms with E-state index >= 15 is 0 Å². The first-order valence-electron chi connectivity index (χ1n) is 6.22. The highest BCUT2D eigenvalue weighted by molar-refractivity contribution is 9.10. The Hall–Kier alpha value is -1.65. The molecule has 1 heterocycles. The van der Waals surface area contributed by atoms with Crippen molar-refractivity contribution < 1.29 is 9.90 Å². The number of carbonyl (C=O) groups excluding carboxylic acids is 1. The average molecular weight is 367 g/mol. The lowest BCUT2D eigenvalue weighted by atomic mass is 10.00.